The fourth-order valence-corrected chi connectivity index (χ4v) is 3.05. The number of furan rings is 1. The highest BCUT2D eigenvalue weighted by Gasteiger charge is 2.30. The Morgan fingerprint density at radius 3 is 2.68 bits per heavy atom. The van der Waals surface area contributed by atoms with Crippen LogP contribution in [-0.2, 0) is 0 Å². The number of rotatable bonds is 5. The van der Waals surface area contributed by atoms with Crippen molar-refractivity contribution in [3.8, 4) is 0 Å². The molecule has 22 heavy (non-hydrogen) atoms. The summed E-state index contributed by atoms with van der Waals surface area (Å²) >= 11 is 0. The van der Waals surface area contributed by atoms with Crippen LogP contribution in [0.5, 0.6) is 0 Å². The van der Waals surface area contributed by atoms with Crippen LogP contribution in [0.15, 0.2) is 47.1 Å². The Hall–Kier alpha value is -2.14. The van der Waals surface area contributed by atoms with Crippen LogP contribution in [0.1, 0.15) is 35.0 Å². The molecule has 1 aromatic heterocycles. The predicted molar refractivity (Wildman–Crippen MR) is 80.1 cm³/mol. The van der Waals surface area contributed by atoms with Crippen LogP contribution in [-0.4, -0.2) is 25.5 Å². The van der Waals surface area contributed by atoms with Gasteiger partial charge < -0.3 is 14.6 Å². The van der Waals surface area contributed by atoms with Crippen LogP contribution in [0.2, 0.25) is 0 Å². The van der Waals surface area contributed by atoms with E-state index >= 15 is 0 Å². The van der Waals surface area contributed by atoms with Crippen molar-refractivity contribution in [1.29, 1.82) is 0 Å². The molecule has 2 heterocycles. The predicted octanol–water partition coefficient (Wildman–Crippen LogP) is 1.57. The van der Waals surface area contributed by atoms with Crippen molar-refractivity contribution in [3.63, 3.8) is 0 Å². The van der Waals surface area contributed by atoms with Crippen LogP contribution in [0.3, 0.4) is 0 Å². The lowest BCUT2D eigenvalue weighted by Crippen LogP contribution is -3.11. The normalized spacial score (nSPS) is 16.6. The quantitative estimate of drug-likeness (QED) is 0.881. The van der Waals surface area contributed by atoms with Crippen molar-refractivity contribution in [1.82, 2.24) is 5.32 Å². The van der Waals surface area contributed by atoms with Crippen molar-refractivity contribution < 1.29 is 18.5 Å². The average Bonchev–Trinajstić information content (AvgIpc) is 3.21. The van der Waals surface area contributed by atoms with E-state index in [0.29, 0.717) is 6.54 Å². The SMILES string of the molecule is O=C(NC[C@@H](c1ccco1)[NH+]1CCCC1)c1ccccc1F. The lowest BCUT2D eigenvalue weighted by molar-refractivity contribution is -0.919. The first kappa shape index (κ1) is 14.8. The fraction of sp³-hybridized carbons (Fsp3) is 0.353. The molecule has 1 aromatic carbocycles. The first-order chi connectivity index (χ1) is 10.8. The van der Waals surface area contributed by atoms with E-state index in [9.17, 15) is 9.18 Å². The minimum absolute atomic E-state index is 0.0771. The number of quaternary nitrogens is 1. The van der Waals surface area contributed by atoms with Gasteiger partial charge in [-0.2, -0.15) is 0 Å². The fourth-order valence-electron chi connectivity index (χ4n) is 3.05. The van der Waals surface area contributed by atoms with E-state index in [0.717, 1.165) is 18.8 Å². The van der Waals surface area contributed by atoms with Crippen LogP contribution >= 0.6 is 0 Å². The van der Waals surface area contributed by atoms with Gasteiger partial charge in [0.2, 0.25) is 0 Å². The highest BCUT2D eigenvalue weighted by molar-refractivity contribution is 5.94. The molecule has 2 N–H and O–H groups in total. The Balaban J connectivity index is 1.69. The number of hydrogen-bond acceptors (Lipinski definition) is 2. The Kier molecular flexibility index (Phi) is 4.53. The molecular formula is C17H20FN2O2+. The topological polar surface area (TPSA) is 46.7 Å². The lowest BCUT2D eigenvalue weighted by atomic mass is 10.1. The number of halogens is 1. The molecule has 3 rings (SSSR count). The summed E-state index contributed by atoms with van der Waals surface area (Å²) in [6.07, 6.45) is 4.03. The maximum Gasteiger partial charge on any atom is 0.254 e. The van der Waals surface area contributed by atoms with E-state index in [1.807, 2.05) is 12.1 Å². The Bertz CT molecular complexity index is 621. The number of amides is 1. The molecule has 5 heteroatoms. The van der Waals surface area contributed by atoms with Crippen LogP contribution in [0.25, 0.3) is 0 Å². The first-order valence-electron chi connectivity index (χ1n) is 7.66. The monoisotopic (exact) mass is 303 g/mol. The van der Waals surface area contributed by atoms with Crippen LogP contribution < -0.4 is 10.2 Å². The minimum Gasteiger partial charge on any atom is -0.463 e. The molecule has 0 radical (unpaired) electrons. The molecule has 4 nitrogen and oxygen atoms in total. The van der Waals surface area contributed by atoms with E-state index in [1.165, 1.54) is 29.9 Å². The van der Waals surface area contributed by atoms with Gasteiger partial charge >= 0.3 is 0 Å². The second-order valence-corrected chi connectivity index (χ2v) is 5.62. The summed E-state index contributed by atoms with van der Waals surface area (Å²) in [6.45, 7) is 2.58. The lowest BCUT2D eigenvalue weighted by Gasteiger charge is -2.23. The highest BCUT2D eigenvalue weighted by Crippen LogP contribution is 2.12. The molecule has 0 spiro atoms. The molecular weight excluding hydrogens is 283 g/mol. The van der Waals surface area contributed by atoms with Gasteiger partial charge in [0, 0.05) is 12.8 Å². The molecule has 116 valence electrons. The Morgan fingerprint density at radius 2 is 2.00 bits per heavy atom. The van der Waals surface area contributed by atoms with Crippen molar-refractivity contribution >= 4 is 5.91 Å². The third kappa shape index (κ3) is 3.20. The van der Waals surface area contributed by atoms with Gasteiger partial charge in [0.05, 0.1) is 31.5 Å². The van der Waals surface area contributed by atoms with E-state index in [2.05, 4.69) is 5.32 Å². The standard InChI is InChI=1S/C17H19FN2O2/c18-14-7-2-1-6-13(14)17(21)19-12-15(16-8-5-11-22-16)20-9-3-4-10-20/h1-2,5-8,11,15H,3-4,9-10,12H2,(H,19,21)/p+1/t15-/m0/s1. The second-order valence-electron chi connectivity index (χ2n) is 5.62. The van der Waals surface area contributed by atoms with E-state index < -0.39 is 5.82 Å². The van der Waals surface area contributed by atoms with E-state index in [1.54, 1.807) is 18.4 Å². The molecule has 1 aliphatic rings. The minimum atomic E-state index is -0.497. The number of carbonyl (C=O) groups is 1. The van der Waals surface area contributed by atoms with Crippen LogP contribution in [0.4, 0.5) is 4.39 Å². The molecule has 1 fully saturated rings. The summed E-state index contributed by atoms with van der Waals surface area (Å²) in [6, 6.07) is 9.90. The maximum atomic E-state index is 13.7. The molecule has 1 atom stereocenters. The molecule has 1 amide bonds. The van der Waals surface area contributed by atoms with Crippen molar-refractivity contribution in [2.45, 2.75) is 18.9 Å². The summed E-state index contributed by atoms with van der Waals surface area (Å²) in [4.78, 5) is 13.6. The largest absolute Gasteiger partial charge is 0.463 e. The summed E-state index contributed by atoms with van der Waals surface area (Å²) in [7, 11) is 0. The van der Waals surface area contributed by atoms with Gasteiger partial charge in [-0.05, 0) is 24.3 Å². The highest BCUT2D eigenvalue weighted by atomic mass is 19.1. The average molecular weight is 303 g/mol. The summed E-state index contributed by atoms with van der Waals surface area (Å²) in [5, 5.41) is 2.85. The molecule has 1 saturated heterocycles. The van der Waals surface area contributed by atoms with Gasteiger partial charge in [0.1, 0.15) is 5.82 Å². The zero-order chi connectivity index (χ0) is 15.4. The van der Waals surface area contributed by atoms with Gasteiger partial charge in [0.15, 0.2) is 11.8 Å². The third-order valence-electron chi connectivity index (χ3n) is 4.21. The molecule has 0 saturated carbocycles. The number of likely N-dealkylation sites (tertiary alicyclic amines) is 1. The molecule has 0 bridgehead atoms. The van der Waals surface area contributed by atoms with Gasteiger partial charge in [-0.15, -0.1) is 0 Å². The molecule has 2 aromatic rings. The number of carbonyl (C=O) groups excluding carboxylic acids is 1. The van der Waals surface area contributed by atoms with Crippen LogP contribution in [0, 0.1) is 5.82 Å². The van der Waals surface area contributed by atoms with Crippen molar-refractivity contribution in [3.05, 3.63) is 59.8 Å². The second kappa shape index (κ2) is 6.75. The summed E-state index contributed by atoms with van der Waals surface area (Å²) in [5.74, 6) is -0.0120. The summed E-state index contributed by atoms with van der Waals surface area (Å²) in [5.41, 5.74) is 0.0807. The molecule has 0 unspecified atom stereocenters. The van der Waals surface area contributed by atoms with Crippen molar-refractivity contribution in [2.24, 2.45) is 0 Å². The number of hydrogen-bond donors (Lipinski definition) is 2. The smallest absolute Gasteiger partial charge is 0.254 e. The zero-order valence-corrected chi connectivity index (χ0v) is 12.3. The van der Waals surface area contributed by atoms with E-state index in [4.69, 9.17) is 4.42 Å². The third-order valence-corrected chi connectivity index (χ3v) is 4.21. The zero-order valence-electron chi connectivity index (χ0n) is 12.3. The Morgan fingerprint density at radius 1 is 1.23 bits per heavy atom. The first-order valence-corrected chi connectivity index (χ1v) is 7.66. The van der Waals surface area contributed by atoms with Gasteiger partial charge in [-0.25, -0.2) is 4.39 Å². The maximum absolute atomic E-state index is 13.7. The summed E-state index contributed by atoms with van der Waals surface area (Å²) < 4.78 is 19.2. The van der Waals surface area contributed by atoms with E-state index in [-0.39, 0.29) is 17.5 Å². The number of benzene rings is 1. The molecule has 1 aliphatic heterocycles. The van der Waals surface area contributed by atoms with Crippen molar-refractivity contribution in [2.75, 3.05) is 19.6 Å². The number of nitrogens with one attached hydrogen (secondary N) is 2. The van der Waals surface area contributed by atoms with Gasteiger partial charge in [-0.1, -0.05) is 12.1 Å². The Labute approximate surface area is 128 Å². The van der Waals surface area contributed by atoms with Gasteiger partial charge in [-0.3, -0.25) is 4.79 Å². The van der Waals surface area contributed by atoms with Gasteiger partial charge in [0.25, 0.3) is 5.91 Å². The molecule has 0 aliphatic carbocycles.